The molecule has 0 saturated heterocycles. The van der Waals surface area contributed by atoms with Crippen LogP contribution in [0.2, 0.25) is 0 Å². The Morgan fingerprint density at radius 3 is 2.71 bits per heavy atom. The molecule has 2 aromatic rings. The molecule has 14 heavy (non-hydrogen) atoms. The molecule has 0 radical (unpaired) electrons. The smallest absolute Gasteiger partial charge is 0.123 e. The van der Waals surface area contributed by atoms with Crippen LogP contribution in [0.25, 0.3) is 0 Å². The lowest BCUT2D eigenvalue weighted by Gasteiger charge is -2.08. The van der Waals surface area contributed by atoms with Gasteiger partial charge in [-0.15, -0.1) is 0 Å². The van der Waals surface area contributed by atoms with Crippen molar-refractivity contribution in [2.45, 2.75) is 6.10 Å². The topological polar surface area (TPSA) is 20.2 Å². The Hall–Kier alpha value is -1.19. The van der Waals surface area contributed by atoms with Crippen LogP contribution in [0.3, 0.4) is 0 Å². The van der Waals surface area contributed by atoms with E-state index >= 15 is 0 Å². The predicted molar refractivity (Wildman–Crippen MR) is 54.8 cm³/mol. The summed E-state index contributed by atoms with van der Waals surface area (Å²) in [5, 5.41) is 13.6. The summed E-state index contributed by atoms with van der Waals surface area (Å²) in [6.45, 7) is 0. The summed E-state index contributed by atoms with van der Waals surface area (Å²) in [6.07, 6.45) is -0.725. The molecule has 0 aliphatic carbocycles. The molecule has 3 heteroatoms. The highest BCUT2D eigenvalue weighted by molar-refractivity contribution is 7.07. The number of benzene rings is 1. The molecule has 1 nitrogen and oxygen atoms in total. The molecule has 0 bridgehead atoms. The maximum atomic E-state index is 12.9. The summed E-state index contributed by atoms with van der Waals surface area (Å²) < 4.78 is 12.9. The molecule has 1 aromatic carbocycles. The van der Waals surface area contributed by atoms with E-state index in [4.69, 9.17) is 0 Å². The molecule has 0 aliphatic rings. The standard InChI is InChI=1S/C11H9FOS/c12-10-3-1-2-8(6-10)11(13)9-4-5-14-7-9/h1-7,11,13H. The summed E-state index contributed by atoms with van der Waals surface area (Å²) >= 11 is 1.51. The molecule has 1 N–H and O–H groups in total. The van der Waals surface area contributed by atoms with Crippen molar-refractivity contribution in [1.29, 1.82) is 0 Å². The fourth-order valence-corrected chi connectivity index (χ4v) is 1.98. The van der Waals surface area contributed by atoms with Crippen molar-refractivity contribution in [3.63, 3.8) is 0 Å². The second-order valence-corrected chi connectivity index (χ2v) is 3.79. The molecule has 1 unspecified atom stereocenters. The summed E-state index contributed by atoms with van der Waals surface area (Å²) in [4.78, 5) is 0. The fourth-order valence-electron chi connectivity index (χ4n) is 1.30. The number of hydrogen-bond acceptors (Lipinski definition) is 2. The van der Waals surface area contributed by atoms with E-state index in [9.17, 15) is 9.50 Å². The van der Waals surface area contributed by atoms with Gasteiger partial charge in [0, 0.05) is 0 Å². The van der Waals surface area contributed by atoms with Gasteiger partial charge in [0.25, 0.3) is 0 Å². The Morgan fingerprint density at radius 2 is 2.07 bits per heavy atom. The number of aliphatic hydroxyl groups is 1. The van der Waals surface area contributed by atoms with Crippen LogP contribution in [-0.2, 0) is 0 Å². The van der Waals surface area contributed by atoms with Crippen LogP contribution in [0.1, 0.15) is 17.2 Å². The first-order valence-corrected chi connectivity index (χ1v) is 5.17. The zero-order valence-corrected chi connectivity index (χ0v) is 8.17. The maximum absolute atomic E-state index is 12.9. The zero-order valence-electron chi connectivity index (χ0n) is 7.35. The molecule has 0 saturated carbocycles. The number of rotatable bonds is 2. The van der Waals surface area contributed by atoms with Crippen LogP contribution < -0.4 is 0 Å². The second kappa shape index (κ2) is 3.90. The summed E-state index contributed by atoms with van der Waals surface area (Å²) in [7, 11) is 0. The van der Waals surface area contributed by atoms with Crippen molar-refractivity contribution in [2.24, 2.45) is 0 Å². The van der Waals surface area contributed by atoms with Gasteiger partial charge >= 0.3 is 0 Å². The summed E-state index contributed by atoms with van der Waals surface area (Å²) in [5.41, 5.74) is 1.39. The van der Waals surface area contributed by atoms with E-state index in [2.05, 4.69) is 0 Å². The van der Waals surface area contributed by atoms with Gasteiger partial charge in [-0.3, -0.25) is 0 Å². The first-order chi connectivity index (χ1) is 6.77. The Bertz CT molecular complexity index is 411. The van der Waals surface area contributed by atoms with Gasteiger partial charge in [0.2, 0.25) is 0 Å². The minimum atomic E-state index is -0.725. The second-order valence-electron chi connectivity index (χ2n) is 3.01. The van der Waals surface area contributed by atoms with Crippen molar-refractivity contribution >= 4 is 11.3 Å². The van der Waals surface area contributed by atoms with E-state index in [-0.39, 0.29) is 5.82 Å². The number of halogens is 1. The number of hydrogen-bond donors (Lipinski definition) is 1. The molecule has 0 fully saturated rings. The third-order valence-electron chi connectivity index (χ3n) is 2.02. The summed E-state index contributed by atoms with van der Waals surface area (Å²) in [5.74, 6) is -0.322. The lowest BCUT2D eigenvalue weighted by Crippen LogP contribution is -1.97. The fraction of sp³-hybridized carbons (Fsp3) is 0.0909. The molecule has 0 amide bonds. The molecule has 72 valence electrons. The van der Waals surface area contributed by atoms with Crippen molar-refractivity contribution in [2.75, 3.05) is 0 Å². The average molecular weight is 208 g/mol. The van der Waals surface area contributed by atoms with Crippen LogP contribution in [0.5, 0.6) is 0 Å². The number of thiophene rings is 1. The van der Waals surface area contributed by atoms with E-state index < -0.39 is 6.10 Å². The lowest BCUT2D eigenvalue weighted by atomic mass is 10.0. The van der Waals surface area contributed by atoms with Gasteiger partial charge in [-0.1, -0.05) is 12.1 Å². The molecule has 0 aliphatic heterocycles. The van der Waals surface area contributed by atoms with Gasteiger partial charge in [-0.2, -0.15) is 11.3 Å². The predicted octanol–water partition coefficient (Wildman–Crippen LogP) is 2.97. The van der Waals surface area contributed by atoms with Gasteiger partial charge < -0.3 is 5.11 Å². The van der Waals surface area contributed by atoms with E-state index in [0.717, 1.165) is 5.56 Å². The number of aliphatic hydroxyl groups excluding tert-OH is 1. The third-order valence-corrected chi connectivity index (χ3v) is 2.72. The SMILES string of the molecule is OC(c1ccsc1)c1cccc(F)c1. The van der Waals surface area contributed by atoms with Crippen LogP contribution >= 0.6 is 11.3 Å². The molecule has 0 spiro atoms. The Balaban J connectivity index is 2.32. The van der Waals surface area contributed by atoms with Crippen LogP contribution in [0.4, 0.5) is 4.39 Å². The van der Waals surface area contributed by atoms with Crippen molar-refractivity contribution in [1.82, 2.24) is 0 Å². The van der Waals surface area contributed by atoms with Gasteiger partial charge in [-0.05, 0) is 40.1 Å². The molecular weight excluding hydrogens is 199 g/mol. The van der Waals surface area contributed by atoms with E-state index in [0.29, 0.717) is 5.56 Å². The molecular formula is C11H9FOS. The van der Waals surface area contributed by atoms with Crippen LogP contribution in [-0.4, -0.2) is 5.11 Å². The first kappa shape index (κ1) is 9.37. The van der Waals surface area contributed by atoms with Crippen molar-refractivity contribution in [3.05, 3.63) is 58.0 Å². The van der Waals surface area contributed by atoms with Gasteiger partial charge in [0.15, 0.2) is 0 Å². The largest absolute Gasteiger partial charge is 0.384 e. The highest BCUT2D eigenvalue weighted by atomic mass is 32.1. The average Bonchev–Trinajstić information content (AvgIpc) is 2.69. The van der Waals surface area contributed by atoms with Gasteiger partial charge in [0.1, 0.15) is 11.9 Å². The first-order valence-electron chi connectivity index (χ1n) is 4.23. The Kier molecular flexibility index (Phi) is 2.61. The molecule has 1 heterocycles. The molecule has 1 atom stereocenters. The van der Waals surface area contributed by atoms with E-state index in [1.165, 1.54) is 23.5 Å². The normalized spacial score (nSPS) is 12.7. The van der Waals surface area contributed by atoms with E-state index in [1.807, 2.05) is 16.8 Å². The third kappa shape index (κ3) is 1.84. The maximum Gasteiger partial charge on any atom is 0.123 e. The Labute approximate surface area is 85.5 Å². The zero-order chi connectivity index (χ0) is 9.97. The van der Waals surface area contributed by atoms with Crippen LogP contribution in [0.15, 0.2) is 41.1 Å². The lowest BCUT2D eigenvalue weighted by molar-refractivity contribution is 0.220. The van der Waals surface area contributed by atoms with Crippen molar-refractivity contribution < 1.29 is 9.50 Å². The monoisotopic (exact) mass is 208 g/mol. The minimum Gasteiger partial charge on any atom is -0.384 e. The molecule has 1 aromatic heterocycles. The van der Waals surface area contributed by atoms with Gasteiger partial charge in [0.05, 0.1) is 0 Å². The van der Waals surface area contributed by atoms with Crippen LogP contribution in [0, 0.1) is 5.82 Å². The van der Waals surface area contributed by atoms with Crippen molar-refractivity contribution in [3.8, 4) is 0 Å². The minimum absolute atomic E-state index is 0.322. The molecule has 2 rings (SSSR count). The van der Waals surface area contributed by atoms with E-state index in [1.54, 1.807) is 12.1 Å². The van der Waals surface area contributed by atoms with Gasteiger partial charge in [-0.25, -0.2) is 4.39 Å². The highest BCUT2D eigenvalue weighted by Crippen LogP contribution is 2.23. The highest BCUT2D eigenvalue weighted by Gasteiger charge is 2.10. The Morgan fingerprint density at radius 1 is 1.21 bits per heavy atom. The quantitative estimate of drug-likeness (QED) is 0.804. The summed E-state index contributed by atoms with van der Waals surface area (Å²) in [6, 6.07) is 7.86.